The molecule has 0 bridgehead atoms. The maximum atomic E-state index is 13.7. The fraction of sp³-hybridized carbons (Fsp3) is 0.286. The second-order valence-electron chi connectivity index (χ2n) is 8.13. The second kappa shape index (κ2) is 8.42. The van der Waals surface area contributed by atoms with Crippen molar-refractivity contribution >= 4 is 17.5 Å². The second-order valence-corrected chi connectivity index (χ2v) is 8.54. The van der Waals surface area contributed by atoms with Crippen molar-refractivity contribution in [3.8, 4) is 17.1 Å². The molecule has 1 heterocycles. The first-order valence-corrected chi connectivity index (χ1v) is 9.78. The number of aromatic amines is 1. The van der Waals surface area contributed by atoms with Gasteiger partial charge in [0.2, 0.25) is 5.91 Å². The monoisotopic (exact) mass is 470 g/mol. The lowest BCUT2D eigenvalue weighted by Gasteiger charge is -2.17. The number of halogens is 5. The molecule has 11 heteroatoms. The number of alkyl halides is 3. The van der Waals surface area contributed by atoms with Crippen LogP contribution in [0, 0.1) is 11.2 Å². The lowest BCUT2D eigenvalue weighted by atomic mass is 9.95. The molecule has 0 spiro atoms. The molecule has 0 unspecified atom stereocenters. The molecular formula is C21H19ClF4N4O2. The van der Waals surface area contributed by atoms with E-state index in [-0.39, 0.29) is 28.9 Å². The number of aromatic nitrogens is 3. The smallest absolute Gasteiger partial charge is 0.352 e. The van der Waals surface area contributed by atoms with E-state index >= 15 is 0 Å². The molecule has 0 aliphatic rings. The normalized spacial score (nSPS) is 12.1. The Balaban J connectivity index is 1.97. The molecule has 3 rings (SSSR count). The Kier molecular flexibility index (Phi) is 6.19. The maximum Gasteiger partial charge on any atom is 0.416 e. The summed E-state index contributed by atoms with van der Waals surface area (Å²) in [7, 11) is 0. The molecule has 0 radical (unpaired) electrons. The van der Waals surface area contributed by atoms with Crippen molar-refractivity contribution in [3.63, 3.8) is 0 Å². The maximum absolute atomic E-state index is 13.7. The van der Waals surface area contributed by atoms with Crippen LogP contribution < -0.4 is 11.0 Å². The summed E-state index contributed by atoms with van der Waals surface area (Å²) in [6.45, 7) is 5.49. The summed E-state index contributed by atoms with van der Waals surface area (Å²) in [5.74, 6) is -1.36. The lowest BCUT2D eigenvalue weighted by Crippen LogP contribution is -2.34. The third-order valence-corrected chi connectivity index (χ3v) is 4.82. The van der Waals surface area contributed by atoms with Crippen LogP contribution in [0.5, 0.6) is 0 Å². The number of hydrogen-bond acceptors (Lipinski definition) is 3. The molecule has 0 fully saturated rings. The summed E-state index contributed by atoms with van der Waals surface area (Å²) in [6.07, 6.45) is -4.80. The number of carbonyl (C=O) groups is 1. The minimum atomic E-state index is -4.80. The zero-order valence-corrected chi connectivity index (χ0v) is 18.0. The van der Waals surface area contributed by atoms with Gasteiger partial charge in [-0.1, -0.05) is 38.4 Å². The van der Waals surface area contributed by atoms with Gasteiger partial charge in [0.25, 0.3) is 0 Å². The SMILES string of the molecule is CC(C)(C)C(=O)NCc1ccc(Cl)c(-c2nn(-c3cc(F)cc(C(F)(F)F)c3)c(=O)[nH]2)c1. The summed E-state index contributed by atoms with van der Waals surface area (Å²) in [4.78, 5) is 26.8. The third kappa shape index (κ3) is 5.18. The molecule has 170 valence electrons. The van der Waals surface area contributed by atoms with E-state index in [4.69, 9.17) is 11.6 Å². The number of H-pyrrole nitrogens is 1. The summed E-state index contributed by atoms with van der Waals surface area (Å²) < 4.78 is 53.4. The number of nitrogens with one attached hydrogen (secondary N) is 2. The van der Waals surface area contributed by atoms with Crippen LogP contribution in [0.4, 0.5) is 17.6 Å². The zero-order valence-electron chi connectivity index (χ0n) is 17.3. The van der Waals surface area contributed by atoms with Crippen molar-refractivity contribution in [2.45, 2.75) is 33.5 Å². The van der Waals surface area contributed by atoms with E-state index in [0.29, 0.717) is 22.4 Å². The largest absolute Gasteiger partial charge is 0.416 e. The number of nitrogens with zero attached hydrogens (tertiary/aromatic N) is 2. The van der Waals surface area contributed by atoms with Crippen molar-refractivity contribution in [1.29, 1.82) is 0 Å². The van der Waals surface area contributed by atoms with Crippen molar-refractivity contribution in [1.82, 2.24) is 20.1 Å². The molecule has 2 aromatic carbocycles. The van der Waals surface area contributed by atoms with E-state index in [0.717, 1.165) is 6.07 Å². The van der Waals surface area contributed by atoms with Gasteiger partial charge in [-0.2, -0.15) is 17.9 Å². The number of hydrogen-bond donors (Lipinski definition) is 2. The average Bonchev–Trinajstić information content (AvgIpc) is 3.06. The van der Waals surface area contributed by atoms with E-state index < -0.39 is 34.3 Å². The van der Waals surface area contributed by atoms with Crippen LogP contribution in [0.1, 0.15) is 31.9 Å². The molecule has 1 aromatic heterocycles. The van der Waals surface area contributed by atoms with E-state index in [9.17, 15) is 27.2 Å². The summed E-state index contributed by atoms with van der Waals surface area (Å²) in [5.41, 5.74) is -2.16. The first-order chi connectivity index (χ1) is 14.8. The Morgan fingerprint density at radius 1 is 1.16 bits per heavy atom. The Labute approximate surface area is 185 Å². The summed E-state index contributed by atoms with van der Waals surface area (Å²) in [6, 6.07) is 6.51. The summed E-state index contributed by atoms with van der Waals surface area (Å²) in [5, 5.41) is 6.99. The molecule has 0 atom stereocenters. The number of rotatable bonds is 4. The fourth-order valence-corrected chi connectivity index (χ4v) is 3.00. The zero-order chi connectivity index (χ0) is 23.8. The van der Waals surface area contributed by atoms with Crippen LogP contribution in [0.25, 0.3) is 17.1 Å². The standard InChI is InChI=1S/C21H19ClF4N4O2/c1-20(2,3)18(31)27-10-11-4-5-16(22)15(6-11)17-28-19(32)30(29-17)14-8-12(21(24,25)26)7-13(23)9-14/h4-9H,10H2,1-3H3,(H,27,31)(H,28,29,32). The molecule has 32 heavy (non-hydrogen) atoms. The lowest BCUT2D eigenvalue weighted by molar-refractivity contribution is -0.137. The summed E-state index contributed by atoms with van der Waals surface area (Å²) >= 11 is 6.22. The van der Waals surface area contributed by atoms with E-state index in [2.05, 4.69) is 15.4 Å². The highest BCUT2D eigenvalue weighted by molar-refractivity contribution is 6.33. The highest BCUT2D eigenvalue weighted by Gasteiger charge is 2.32. The topological polar surface area (TPSA) is 79.8 Å². The van der Waals surface area contributed by atoms with Gasteiger partial charge in [0.05, 0.1) is 16.3 Å². The highest BCUT2D eigenvalue weighted by Crippen LogP contribution is 2.31. The molecule has 2 N–H and O–H groups in total. The Hall–Kier alpha value is -3.14. The highest BCUT2D eigenvalue weighted by atomic mass is 35.5. The van der Waals surface area contributed by atoms with Gasteiger partial charge in [0, 0.05) is 17.5 Å². The van der Waals surface area contributed by atoms with Crippen LogP contribution >= 0.6 is 11.6 Å². The van der Waals surface area contributed by atoms with Crippen LogP contribution in [-0.4, -0.2) is 20.7 Å². The van der Waals surface area contributed by atoms with Gasteiger partial charge in [0.15, 0.2) is 5.82 Å². The molecule has 0 aliphatic heterocycles. The number of amides is 1. The van der Waals surface area contributed by atoms with Gasteiger partial charge in [-0.3, -0.25) is 9.78 Å². The molecule has 0 saturated carbocycles. The fourth-order valence-electron chi connectivity index (χ4n) is 2.79. The molecular weight excluding hydrogens is 452 g/mol. The van der Waals surface area contributed by atoms with Crippen molar-refractivity contribution < 1.29 is 22.4 Å². The Morgan fingerprint density at radius 3 is 2.47 bits per heavy atom. The third-order valence-electron chi connectivity index (χ3n) is 4.49. The van der Waals surface area contributed by atoms with Crippen molar-refractivity contribution in [2.75, 3.05) is 0 Å². The number of benzene rings is 2. The predicted molar refractivity (Wildman–Crippen MR) is 111 cm³/mol. The van der Waals surface area contributed by atoms with Crippen LogP contribution in [-0.2, 0) is 17.5 Å². The minimum Gasteiger partial charge on any atom is -0.352 e. The van der Waals surface area contributed by atoms with Gasteiger partial charge >= 0.3 is 11.9 Å². The van der Waals surface area contributed by atoms with Gasteiger partial charge in [-0.25, -0.2) is 9.18 Å². The minimum absolute atomic E-state index is 0.0261. The van der Waals surface area contributed by atoms with Crippen LogP contribution in [0.2, 0.25) is 5.02 Å². The quantitative estimate of drug-likeness (QED) is 0.542. The predicted octanol–water partition coefficient (Wildman–Crippen LogP) is 4.70. The molecule has 6 nitrogen and oxygen atoms in total. The van der Waals surface area contributed by atoms with Gasteiger partial charge in [-0.15, -0.1) is 5.10 Å². The first-order valence-electron chi connectivity index (χ1n) is 9.40. The number of carbonyl (C=O) groups excluding carboxylic acids is 1. The van der Waals surface area contributed by atoms with Crippen molar-refractivity contribution in [2.24, 2.45) is 5.41 Å². The van der Waals surface area contributed by atoms with E-state index in [1.165, 1.54) is 6.07 Å². The van der Waals surface area contributed by atoms with E-state index in [1.54, 1.807) is 32.9 Å². The van der Waals surface area contributed by atoms with E-state index in [1.807, 2.05) is 0 Å². The van der Waals surface area contributed by atoms with Gasteiger partial charge < -0.3 is 5.32 Å². The average molecular weight is 471 g/mol. The van der Waals surface area contributed by atoms with Crippen molar-refractivity contribution in [3.05, 3.63) is 68.8 Å². The van der Waals surface area contributed by atoms with Gasteiger partial charge in [-0.05, 0) is 35.9 Å². The molecule has 3 aromatic rings. The molecule has 1 amide bonds. The van der Waals surface area contributed by atoms with Gasteiger partial charge in [0.1, 0.15) is 5.82 Å². The molecule has 0 aliphatic carbocycles. The van der Waals surface area contributed by atoms with Crippen LogP contribution in [0.3, 0.4) is 0 Å². The Bertz CT molecular complexity index is 1230. The Morgan fingerprint density at radius 2 is 1.84 bits per heavy atom. The first kappa shape index (κ1) is 23.5. The van der Waals surface area contributed by atoms with Crippen LogP contribution in [0.15, 0.2) is 41.2 Å². The molecule has 0 saturated heterocycles.